The molecule has 2 N–H and O–H groups in total. The Labute approximate surface area is 149 Å². The Bertz CT molecular complexity index is 911. The monoisotopic (exact) mass is 361 g/mol. The van der Waals surface area contributed by atoms with Crippen LogP contribution in [0.15, 0.2) is 36.8 Å². The number of carbonyl (C=O) groups is 1. The number of aromatic nitrogens is 3. The normalized spacial score (nSPS) is 10.8. The summed E-state index contributed by atoms with van der Waals surface area (Å²) in [6.45, 7) is 2.67. The van der Waals surface area contributed by atoms with Crippen molar-refractivity contribution in [1.82, 2.24) is 19.7 Å². The number of fused-ring (bicyclic) bond motifs is 1. The molecule has 25 heavy (non-hydrogen) atoms. The van der Waals surface area contributed by atoms with Crippen LogP contribution in [0.3, 0.4) is 0 Å². The van der Waals surface area contributed by atoms with Gasteiger partial charge in [0.25, 0.3) is 0 Å². The molecule has 0 saturated heterocycles. The molecular weight excluding hydrogens is 345 g/mol. The SMILES string of the molecule is Cc1nc2cnccn2c1NCCC(=O)NCc1ccc(F)c(Cl)c1. The van der Waals surface area contributed by atoms with E-state index in [1.54, 1.807) is 18.5 Å². The Morgan fingerprint density at radius 2 is 2.24 bits per heavy atom. The molecule has 6 nitrogen and oxygen atoms in total. The number of carbonyl (C=O) groups excluding carboxylic acids is 1. The van der Waals surface area contributed by atoms with E-state index < -0.39 is 5.82 Å². The van der Waals surface area contributed by atoms with E-state index in [9.17, 15) is 9.18 Å². The Morgan fingerprint density at radius 1 is 1.40 bits per heavy atom. The number of hydrogen-bond donors (Lipinski definition) is 2. The zero-order chi connectivity index (χ0) is 17.8. The summed E-state index contributed by atoms with van der Waals surface area (Å²) in [5.74, 6) is 0.260. The van der Waals surface area contributed by atoms with Crippen LogP contribution in [0, 0.1) is 12.7 Å². The van der Waals surface area contributed by atoms with Gasteiger partial charge in [0.1, 0.15) is 11.6 Å². The number of nitrogens with zero attached hydrogens (tertiary/aromatic N) is 3. The molecule has 8 heteroatoms. The summed E-state index contributed by atoms with van der Waals surface area (Å²) in [6.07, 6.45) is 5.47. The minimum absolute atomic E-state index is 0.0472. The van der Waals surface area contributed by atoms with Gasteiger partial charge in [-0.2, -0.15) is 0 Å². The van der Waals surface area contributed by atoms with Crippen LogP contribution in [-0.2, 0) is 11.3 Å². The Morgan fingerprint density at radius 3 is 3.04 bits per heavy atom. The minimum atomic E-state index is -0.473. The number of imidazole rings is 1. The third-order valence-corrected chi connectivity index (χ3v) is 4.01. The molecule has 0 spiro atoms. The lowest BCUT2D eigenvalue weighted by molar-refractivity contribution is -0.121. The number of benzene rings is 1. The van der Waals surface area contributed by atoms with Gasteiger partial charge in [-0.05, 0) is 24.6 Å². The van der Waals surface area contributed by atoms with Crippen LogP contribution in [0.25, 0.3) is 5.65 Å². The predicted molar refractivity (Wildman–Crippen MR) is 94.1 cm³/mol. The lowest BCUT2D eigenvalue weighted by Crippen LogP contribution is -2.25. The fraction of sp³-hybridized carbons (Fsp3) is 0.235. The van der Waals surface area contributed by atoms with Gasteiger partial charge in [0.2, 0.25) is 5.91 Å². The maximum Gasteiger partial charge on any atom is 0.222 e. The molecule has 0 atom stereocenters. The quantitative estimate of drug-likeness (QED) is 0.708. The predicted octanol–water partition coefficient (Wildman–Crippen LogP) is 2.95. The molecule has 1 aromatic carbocycles. The van der Waals surface area contributed by atoms with Crippen molar-refractivity contribution >= 4 is 29.0 Å². The molecular formula is C17H17ClFN5O. The average molecular weight is 362 g/mol. The third-order valence-electron chi connectivity index (χ3n) is 3.72. The second-order valence-electron chi connectivity index (χ2n) is 5.55. The highest BCUT2D eigenvalue weighted by atomic mass is 35.5. The van der Waals surface area contributed by atoms with Crippen LogP contribution in [0.1, 0.15) is 17.7 Å². The van der Waals surface area contributed by atoms with Crippen molar-refractivity contribution in [3.63, 3.8) is 0 Å². The van der Waals surface area contributed by atoms with E-state index in [1.807, 2.05) is 17.5 Å². The largest absolute Gasteiger partial charge is 0.369 e. The third kappa shape index (κ3) is 4.06. The summed E-state index contributed by atoms with van der Waals surface area (Å²) in [7, 11) is 0. The molecule has 3 rings (SSSR count). The highest BCUT2D eigenvalue weighted by Crippen LogP contribution is 2.17. The van der Waals surface area contributed by atoms with Crippen LogP contribution in [0.4, 0.5) is 10.2 Å². The van der Waals surface area contributed by atoms with Crippen molar-refractivity contribution in [2.45, 2.75) is 19.9 Å². The number of hydrogen-bond acceptors (Lipinski definition) is 4. The second-order valence-corrected chi connectivity index (χ2v) is 5.96. The van der Waals surface area contributed by atoms with E-state index in [-0.39, 0.29) is 10.9 Å². The van der Waals surface area contributed by atoms with Gasteiger partial charge in [-0.25, -0.2) is 9.37 Å². The molecule has 130 valence electrons. The van der Waals surface area contributed by atoms with Gasteiger partial charge < -0.3 is 10.6 Å². The van der Waals surface area contributed by atoms with Gasteiger partial charge in [-0.15, -0.1) is 0 Å². The second kappa shape index (κ2) is 7.48. The van der Waals surface area contributed by atoms with Crippen LogP contribution in [0.2, 0.25) is 5.02 Å². The van der Waals surface area contributed by atoms with E-state index in [0.717, 1.165) is 22.7 Å². The molecule has 0 aliphatic rings. The highest BCUT2D eigenvalue weighted by molar-refractivity contribution is 6.30. The first-order valence-corrected chi connectivity index (χ1v) is 8.15. The Hall–Kier alpha value is -2.67. The minimum Gasteiger partial charge on any atom is -0.369 e. The maximum absolute atomic E-state index is 13.1. The van der Waals surface area contributed by atoms with Crippen LogP contribution >= 0.6 is 11.6 Å². The van der Waals surface area contributed by atoms with Crippen molar-refractivity contribution in [3.05, 3.63) is 58.9 Å². The van der Waals surface area contributed by atoms with Crippen LogP contribution < -0.4 is 10.6 Å². The van der Waals surface area contributed by atoms with Crippen molar-refractivity contribution in [2.75, 3.05) is 11.9 Å². The number of nitrogens with one attached hydrogen (secondary N) is 2. The summed E-state index contributed by atoms with van der Waals surface area (Å²) in [5, 5.41) is 6.06. The number of rotatable bonds is 6. The summed E-state index contributed by atoms with van der Waals surface area (Å²) in [5.41, 5.74) is 2.34. The van der Waals surface area contributed by atoms with Crippen molar-refractivity contribution < 1.29 is 9.18 Å². The molecule has 2 heterocycles. The zero-order valence-corrected chi connectivity index (χ0v) is 14.3. The molecule has 1 amide bonds. The van der Waals surface area contributed by atoms with Crippen LogP contribution in [-0.4, -0.2) is 26.8 Å². The van der Waals surface area contributed by atoms with E-state index in [4.69, 9.17) is 11.6 Å². The van der Waals surface area contributed by atoms with Crippen LogP contribution in [0.5, 0.6) is 0 Å². The van der Waals surface area contributed by atoms with Gasteiger partial charge in [0.15, 0.2) is 5.65 Å². The van der Waals surface area contributed by atoms with Crippen molar-refractivity contribution in [3.8, 4) is 0 Å². The molecule has 0 aliphatic carbocycles. The van der Waals surface area contributed by atoms with Crippen molar-refractivity contribution in [1.29, 1.82) is 0 Å². The first kappa shape index (κ1) is 17.2. The van der Waals surface area contributed by atoms with Gasteiger partial charge in [-0.3, -0.25) is 14.2 Å². The van der Waals surface area contributed by atoms with Gasteiger partial charge in [0.05, 0.1) is 16.9 Å². The fourth-order valence-corrected chi connectivity index (χ4v) is 2.67. The smallest absolute Gasteiger partial charge is 0.222 e. The van der Waals surface area contributed by atoms with Gasteiger partial charge in [-0.1, -0.05) is 17.7 Å². The summed E-state index contributed by atoms with van der Waals surface area (Å²) < 4.78 is 15.0. The number of aryl methyl sites for hydroxylation is 1. The van der Waals surface area contributed by atoms with Gasteiger partial charge in [0, 0.05) is 31.9 Å². The molecule has 0 bridgehead atoms. The molecule has 0 radical (unpaired) electrons. The van der Waals surface area contributed by atoms with E-state index in [0.29, 0.717) is 19.5 Å². The first-order valence-electron chi connectivity index (χ1n) is 7.78. The molecule has 0 saturated carbocycles. The lowest BCUT2D eigenvalue weighted by atomic mass is 10.2. The number of anilines is 1. The topological polar surface area (TPSA) is 71.3 Å². The van der Waals surface area contributed by atoms with E-state index in [2.05, 4.69) is 20.6 Å². The molecule has 3 aromatic rings. The summed E-state index contributed by atoms with van der Waals surface area (Å²) in [4.78, 5) is 20.4. The molecule has 0 aliphatic heterocycles. The maximum atomic E-state index is 13.1. The lowest BCUT2D eigenvalue weighted by Gasteiger charge is -2.08. The van der Waals surface area contributed by atoms with Crippen molar-refractivity contribution in [2.24, 2.45) is 0 Å². The van der Waals surface area contributed by atoms with E-state index in [1.165, 1.54) is 12.1 Å². The standard InChI is InChI=1S/C17H17ClFN5O/c1-11-17(24-7-6-20-10-15(24)23-11)21-5-4-16(25)22-9-12-2-3-14(19)13(18)8-12/h2-3,6-8,10,21H,4-5,9H2,1H3,(H,22,25). The average Bonchev–Trinajstić information content (AvgIpc) is 2.92. The summed E-state index contributed by atoms with van der Waals surface area (Å²) in [6, 6.07) is 4.38. The summed E-state index contributed by atoms with van der Waals surface area (Å²) >= 11 is 5.72. The number of halogens is 2. The fourth-order valence-electron chi connectivity index (χ4n) is 2.47. The molecule has 0 fully saturated rings. The Balaban J connectivity index is 1.50. The highest BCUT2D eigenvalue weighted by Gasteiger charge is 2.09. The Kier molecular flexibility index (Phi) is 5.14. The molecule has 0 unspecified atom stereocenters. The first-order chi connectivity index (χ1) is 12.0. The van der Waals surface area contributed by atoms with E-state index >= 15 is 0 Å². The number of amides is 1. The zero-order valence-electron chi connectivity index (χ0n) is 13.6. The van der Waals surface area contributed by atoms with Gasteiger partial charge >= 0.3 is 0 Å². The molecule has 2 aromatic heterocycles.